The molecule has 2 aromatic heterocycles. The molecule has 0 aliphatic rings. The Labute approximate surface area is 111 Å². The van der Waals surface area contributed by atoms with Gasteiger partial charge < -0.3 is 5.32 Å². The lowest BCUT2D eigenvalue weighted by atomic mass is 10.4. The zero-order valence-corrected chi connectivity index (χ0v) is 11.6. The summed E-state index contributed by atoms with van der Waals surface area (Å²) in [5, 5.41) is 14.1. The molecule has 0 radical (unpaired) electrons. The van der Waals surface area contributed by atoms with Gasteiger partial charge in [-0.3, -0.25) is 0 Å². The first-order valence-electron chi connectivity index (χ1n) is 4.70. The fraction of sp³-hybridized carbons (Fsp3) is 0.182. The third-order valence-electron chi connectivity index (χ3n) is 1.99. The molecule has 5 heteroatoms. The van der Waals surface area contributed by atoms with E-state index in [1.54, 1.807) is 22.7 Å². The normalized spacial score (nSPS) is 10.2. The van der Waals surface area contributed by atoms with Crippen molar-refractivity contribution < 1.29 is 0 Å². The van der Waals surface area contributed by atoms with Gasteiger partial charge in [-0.15, -0.1) is 22.7 Å². The summed E-state index contributed by atoms with van der Waals surface area (Å²) in [5.41, 5.74) is 0. The SMILES string of the molecule is N#Cc1ccc(CNCc2cc(Br)cs2)s1. The van der Waals surface area contributed by atoms with Crippen LogP contribution in [0.1, 0.15) is 14.6 Å². The Morgan fingerprint density at radius 3 is 2.75 bits per heavy atom. The Kier molecular flexibility index (Phi) is 4.13. The van der Waals surface area contributed by atoms with Crippen LogP contribution >= 0.6 is 38.6 Å². The minimum atomic E-state index is 0.774. The van der Waals surface area contributed by atoms with Crippen molar-refractivity contribution in [1.29, 1.82) is 5.26 Å². The second-order valence-electron chi connectivity index (χ2n) is 3.21. The molecule has 0 atom stereocenters. The van der Waals surface area contributed by atoms with Crippen molar-refractivity contribution in [2.45, 2.75) is 13.1 Å². The Morgan fingerprint density at radius 1 is 1.31 bits per heavy atom. The average molecular weight is 313 g/mol. The quantitative estimate of drug-likeness (QED) is 0.933. The first-order valence-corrected chi connectivity index (χ1v) is 7.19. The summed E-state index contributed by atoms with van der Waals surface area (Å²) in [7, 11) is 0. The summed E-state index contributed by atoms with van der Waals surface area (Å²) in [4.78, 5) is 3.28. The van der Waals surface area contributed by atoms with E-state index in [4.69, 9.17) is 5.26 Å². The Bertz CT molecular complexity index is 510. The van der Waals surface area contributed by atoms with Crippen LogP contribution in [0.3, 0.4) is 0 Å². The Balaban J connectivity index is 1.82. The van der Waals surface area contributed by atoms with Crippen LogP contribution in [-0.2, 0) is 13.1 Å². The molecule has 0 saturated heterocycles. The van der Waals surface area contributed by atoms with Crippen LogP contribution in [0.2, 0.25) is 0 Å². The summed E-state index contributed by atoms with van der Waals surface area (Å²) < 4.78 is 1.14. The molecule has 0 spiro atoms. The van der Waals surface area contributed by atoms with Gasteiger partial charge in [-0.1, -0.05) is 0 Å². The third kappa shape index (κ3) is 3.16. The van der Waals surface area contributed by atoms with E-state index in [0.717, 1.165) is 22.4 Å². The highest BCUT2D eigenvalue weighted by Crippen LogP contribution is 2.20. The lowest BCUT2D eigenvalue weighted by Gasteiger charge is -1.99. The monoisotopic (exact) mass is 312 g/mol. The molecule has 0 aliphatic heterocycles. The summed E-state index contributed by atoms with van der Waals surface area (Å²) in [5.74, 6) is 0. The van der Waals surface area contributed by atoms with Crippen LogP contribution in [0.5, 0.6) is 0 Å². The molecule has 16 heavy (non-hydrogen) atoms. The first kappa shape index (κ1) is 11.8. The minimum Gasteiger partial charge on any atom is -0.307 e. The molecule has 0 unspecified atom stereocenters. The highest BCUT2D eigenvalue weighted by atomic mass is 79.9. The molecular weight excluding hydrogens is 304 g/mol. The molecule has 0 aromatic carbocycles. The highest BCUT2D eigenvalue weighted by Gasteiger charge is 2.00. The van der Waals surface area contributed by atoms with E-state index in [2.05, 4.69) is 38.8 Å². The van der Waals surface area contributed by atoms with E-state index in [9.17, 15) is 0 Å². The highest BCUT2D eigenvalue weighted by molar-refractivity contribution is 9.10. The molecule has 0 fully saturated rings. The average Bonchev–Trinajstić information content (AvgIpc) is 2.88. The van der Waals surface area contributed by atoms with Crippen LogP contribution in [0, 0.1) is 11.3 Å². The van der Waals surface area contributed by atoms with Gasteiger partial charge in [-0.25, -0.2) is 0 Å². The van der Waals surface area contributed by atoms with Crippen LogP contribution in [0.25, 0.3) is 0 Å². The summed E-state index contributed by atoms with van der Waals surface area (Å²) in [6, 6.07) is 8.13. The van der Waals surface area contributed by atoms with Crippen LogP contribution in [0.4, 0.5) is 0 Å². The van der Waals surface area contributed by atoms with Gasteiger partial charge in [-0.05, 0) is 34.1 Å². The predicted molar refractivity (Wildman–Crippen MR) is 71.6 cm³/mol. The predicted octanol–water partition coefficient (Wildman–Crippen LogP) is 3.73. The van der Waals surface area contributed by atoms with E-state index in [1.807, 2.05) is 12.1 Å². The molecule has 2 rings (SSSR count). The summed E-state index contributed by atoms with van der Waals surface area (Å²) in [6.07, 6.45) is 0. The summed E-state index contributed by atoms with van der Waals surface area (Å²) in [6.45, 7) is 1.69. The van der Waals surface area contributed by atoms with Crippen molar-refractivity contribution in [2.75, 3.05) is 0 Å². The molecular formula is C11H9BrN2S2. The van der Waals surface area contributed by atoms with E-state index < -0.39 is 0 Å². The topological polar surface area (TPSA) is 35.8 Å². The zero-order chi connectivity index (χ0) is 11.4. The smallest absolute Gasteiger partial charge is 0.110 e. The van der Waals surface area contributed by atoms with Crippen molar-refractivity contribution in [2.24, 2.45) is 0 Å². The maximum Gasteiger partial charge on any atom is 0.110 e. The van der Waals surface area contributed by atoms with E-state index in [-0.39, 0.29) is 0 Å². The zero-order valence-electron chi connectivity index (χ0n) is 8.37. The maximum absolute atomic E-state index is 8.69. The van der Waals surface area contributed by atoms with Crippen molar-refractivity contribution >= 4 is 38.6 Å². The van der Waals surface area contributed by atoms with Crippen molar-refractivity contribution in [1.82, 2.24) is 5.32 Å². The largest absolute Gasteiger partial charge is 0.307 e. The van der Waals surface area contributed by atoms with E-state index >= 15 is 0 Å². The molecule has 2 nitrogen and oxygen atoms in total. The maximum atomic E-state index is 8.69. The standard InChI is InChI=1S/C11H9BrN2S2/c12-8-3-11(15-7-8)6-14-5-10-2-1-9(4-13)16-10/h1-3,7,14H,5-6H2. The lowest BCUT2D eigenvalue weighted by molar-refractivity contribution is 0.709. The van der Waals surface area contributed by atoms with Gasteiger partial charge in [0.1, 0.15) is 10.9 Å². The molecule has 0 amide bonds. The molecule has 2 heterocycles. The summed E-state index contributed by atoms with van der Waals surface area (Å²) >= 11 is 6.71. The minimum absolute atomic E-state index is 0.774. The van der Waals surface area contributed by atoms with E-state index in [1.165, 1.54) is 9.75 Å². The molecule has 82 valence electrons. The fourth-order valence-corrected chi connectivity index (χ4v) is 3.48. The van der Waals surface area contributed by atoms with Gasteiger partial charge in [-0.2, -0.15) is 5.26 Å². The lowest BCUT2D eigenvalue weighted by Crippen LogP contribution is -2.10. The Hall–Kier alpha value is -0.670. The molecule has 2 aromatic rings. The van der Waals surface area contributed by atoms with Crippen molar-refractivity contribution in [3.05, 3.63) is 42.7 Å². The van der Waals surface area contributed by atoms with E-state index in [0.29, 0.717) is 0 Å². The third-order valence-corrected chi connectivity index (χ3v) is 4.68. The van der Waals surface area contributed by atoms with Gasteiger partial charge in [0.2, 0.25) is 0 Å². The van der Waals surface area contributed by atoms with Gasteiger partial charge in [0.05, 0.1) is 0 Å². The molecule has 0 bridgehead atoms. The van der Waals surface area contributed by atoms with Crippen LogP contribution in [0.15, 0.2) is 28.1 Å². The number of halogens is 1. The van der Waals surface area contributed by atoms with Crippen molar-refractivity contribution in [3.63, 3.8) is 0 Å². The van der Waals surface area contributed by atoms with Gasteiger partial charge in [0.25, 0.3) is 0 Å². The van der Waals surface area contributed by atoms with Gasteiger partial charge in [0, 0.05) is 32.7 Å². The number of thiophene rings is 2. The second-order valence-corrected chi connectivity index (χ2v) is 6.29. The first-order chi connectivity index (χ1) is 7.78. The number of hydrogen-bond donors (Lipinski definition) is 1. The number of nitriles is 1. The van der Waals surface area contributed by atoms with Crippen LogP contribution in [-0.4, -0.2) is 0 Å². The second kappa shape index (κ2) is 5.60. The molecule has 0 saturated carbocycles. The molecule has 1 N–H and O–H groups in total. The number of rotatable bonds is 4. The van der Waals surface area contributed by atoms with Crippen LogP contribution < -0.4 is 5.32 Å². The van der Waals surface area contributed by atoms with Gasteiger partial charge in [0.15, 0.2) is 0 Å². The fourth-order valence-electron chi connectivity index (χ4n) is 1.29. The molecule has 0 aliphatic carbocycles. The number of hydrogen-bond acceptors (Lipinski definition) is 4. The number of nitrogens with one attached hydrogen (secondary N) is 1. The van der Waals surface area contributed by atoms with Crippen molar-refractivity contribution in [3.8, 4) is 6.07 Å². The Morgan fingerprint density at radius 2 is 2.12 bits per heavy atom. The van der Waals surface area contributed by atoms with Gasteiger partial charge >= 0.3 is 0 Å². The number of nitrogens with zero attached hydrogens (tertiary/aromatic N) is 1.